The first-order valence-electron chi connectivity index (χ1n) is 44.9. The van der Waals surface area contributed by atoms with Crippen molar-refractivity contribution in [2.24, 2.45) is 0 Å². The Labute approximate surface area is 763 Å². The smallest absolute Gasteiger partial charge is 0.127 e. The molecule has 6 nitrogen and oxygen atoms in total. The molecule has 0 heterocycles. The van der Waals surface area contributed by atoms with Crippen LogP contribution in [0.5, 0.6) is 34.5 Å². The molecule has 2 atom stereocenters. The van der Waals surface area contributed by atoms with Crippen molar-refractivity contribution in [2.45, 2.75) is 16.2 Å². The fourth-order valence-electron chi connectivity index (χ4n) is 22.1. The third-order valence-electron chi connectivity index (χ3n) is 28.0. The number of hydrogen-bond donors (Lipinski definition) is 0. The van der Waals surface area contributed by atoms with E-state index in [1.807, 2.05) is 42.5 Å². The Balaban J connectivity index is 0.473. The van der Waals surface area contributed by atoms with E-state index >= 15 is 0 Å². The highest BCUT2D eigenvalue weighted by Crippen LogP contribution is 2.62. The molecule has 132 heavy (non-hydrogen) atoms. The molecule has 3 aliphatic rings. The molecule has 0 aliphatic heterocycles. The Morgan fingerprint density at radius 2 is 0.439 bits per heavy atom. The molecule has 0 aromatic heterocycles. The fourth-order valence-corrected chi connectivity index (χ4v) is 22.1. The molecule has 0 saturated carbocycles. The van der Waals surface area contributed by atoms with Gasteiger partial charge in [0.2, 0.25) is 0 Å². The Morgan fingerprint density at radius 1 is 0.189 bits per heavy atom. The van der Waals surface area contributed by atoms with Crippen LogP contribution < -0.4 is 28.4 Å². The molecule has 0 fully saturated rings. The lowest BCUT2D eigenvalue weighted by Gasteiger charge is -2.34. The van der Waals surface area contributed by atoms with Gasteiger partial charge in [0.15, 0.2) is 0 Å². The number of ether oxygens (including phenoxy) is 6. The van der Waals surface area contributed by atoms with Gasteiger partial charge in [0.05, 0.1) is 54.7 Å². The van der Waals surface area contributed by atoms with Crippen LogP contribution in [0.15, 0.2) is 475 Å². The number of hydrogen-bond acceptors (Lipinski definition) is 6. The van der Waals surface area contributed by atoms with Gasteiger partial charge in [-0.25, -0.2) is 0 Å². The molecule has 22 aromatic rings. The molecule has 3 aliphatic carbocycles. The average molecular weight is 1690 g/mol. The molecule has 622 valence electrons. The molecule has 0 saturated heterocycles. The van der Waals surface area contributed by atoms with Gasteiger partial charge in [-0.3, -0.25) is 0 Å². The standard InChI is InChI=1S/C126H82O6/c1-3-128-106-52-39-88-64-101(47-34-94(88)69-106)125(117-30-14-12-28-112(117)114-74-81-21-4-7-24-84(81)77-120(114)125)102-48-35-96-71-108(54-41-90(96)65-102)130-59-17-19-61-132-110-56-43-92-67-104(50-37-98(92)73-110)126(121-78-85-25-8-5-22-82(85)75-115(121)116-76-83-23-6-9-26-86(83)79-122(116)126)103-49-36-97-72-109(55-42-91(97)66-103)131-60-18-16-58-129-107-53-40-89-63-100(46-33-95(89)70-107)124(99-45-32-93-68-105(127-2)51-38-87(93)62-99)118-31-15-13-29-113(118)123-111-27-11-10-20-80(111)44-57-119(123)124/h3-79H,1H2,2H3/b58-16+,59-17+,60-18+,61-19+. The van der Waals surface area contributed by atoms with Crippen LogP contribution in [0.1, 0.15) is 66.8 Å². The van der Waals surface area contributed by atoms with Crippen molar-refractivity contribution in [3.05, 3.63) is 541 Å². The molecule has 2 unspecified atom stereocenters. The summed E-state index contributed by atoms with van der Waals surface area (Å²) < 4.78 is 36.7. The van der Waals surface area contributed by atoms with Crippen LogP contribution in [0, 0.1) is 0 Å². The molecule has 0 bridgehead atoms. The summed E-state index contributed by atoms with van der Waals surface area (Å²) in [6.45, 7) is 3.79. The van der Waals surface area contributed by atoms with Crippen LogP contribution in [0.2, 0.25) is 0 Å². The Morgan fingerprint density at radius 3 is 0.803 bits per heavy atom. The number of rotatable bonds is 19. The van der Waals surface area contributed by atoms with Crippen molar-refractivity contribution in [1.29, 1.82) is 0 Å². The number of allylic oxidation sites excluding steroid dienone is 4. The number of benzene rings is 22. The maximum Gasteiger partial charge on any atom is 0.127 e. The summed E-state index contributed by atoms with van der Waals surface area (Å²) >= 11 is 0. The second-order valence-corrected chi connectivity index (χ2v) is 34.9. The van der Waals surface area contributed by atoms with Crippen molar-refractivity contribution in [2.75, 3.05) is 7.11 Å². The summed E-state index contributed by atoms with van der Waals surface area (Å²) in [4.78, 5) is 0. The van der Waals surface area contributed by atoms with E-state index in [4.69, 9.17) is 28.4 Å². The third kappa shape index (κ3) is 12.5. The molecule has 22 aromatic carbocycles. The molecular weight excluding hydrogens is 1610 g/mol. The van der Waals surface area contributed by atoms with E-state index in [1.165, 1.54) is 149 Å². The zero-order valence-corrected chi connectivity index (χ0v) is 72.1. The maximum atomic E-state index is 6.36. The topological polar surface area (TPSA) is 55.4 Å². The predicted octanol–water partition coefficient (Wildman–Crippen LogP) is 31.8. The van der Waals surface area contributed by atoms with Gasteiger partial charge in [0.1, 0.15) is 34.5 Å². The van der Waals surface area contributed by atoms with E-state index in [9.17, 15) is 0 Å². The lowest BCUT2D eigenvalue weighted by Crippen LogP contribution is -2.28. The van der Waals surface area contributed by atoms with E-state index in [2.05, 4.69) is 401 Å². The van der Waals surface area contributed by atoms with Gasteiger partial charge in [-0.15, -0.1) is 0 Å². The summed E-state index contributed by atoms with van der Waals surface area (Å²) in [5.41, 5.74) is 20.2. The first-order valence-corrected chi connectivity index (χ1v) is 44.9. The second kappa shape index (κ2) is 31.2. The second-order valence-electron chi connectivity index (χ2n) is 34.9. The van der Waals surface area contributed by atoms with Crippen LogP contribution in [0.25, 0.3) is 141 Å². The minimum absolute atomic E-state index is 0.602. The summed E-state index contributed by atoms with van der Waals surface area (Å²) in [6, 6.07) is 151. The summed E-state index contributed by atoms with van der Waals surface area (Å²) in [6.07, 6.45) is 15.7. The minimum atomic E-state index is -0.721. The molecule has 25 rings (SSSR count). The molecular formula is C126H82O6. The van der Waals surface area contributed by atoms with Crippen LogP contribution in [0.4, 0.5) is 0 Å². The zero-order chi connectivity index (χ0) is 87.6. The van der Waals surface area contributed by atoms with Gasteiger partial charge in [-0.05, 0) is 378 Å². The van der Waals surface area contributed by atoms with Crippen molar-refractivity contribution >= 4 is 108 Å². The van der Waals surface area contributed by atoms with Gasteiger partial charge < -0.3 is 28.4 Å². The summed E-state index contributed by atoms with van der Waals surface area (Å²) in [5.74, 6) is 4.51. The lowest BCUT2D eigenvalue weighted by molar-refractivity contribution is 0.415. The van der Waals surface area contributed by atoms with E-state index in [0.717, 1.165) is 99.1 Å². The van der Waals surface area contributed by atoms with Crippen LogP contribution in [0.3, 0.4) is 0 Å². The van der Waals surface area contributed by atoms with Gasteiger partial charge in [-0.2, -0.15) is 0 Å². The third-order valence-corrected chi connectivity index (χ3v) is 28.0. The van der Waals surface area contributed by atoms with E-state index in [1.54, 1.807) is 32.2 Å². The monoisotopic (exact) mass is 1690 g/mol. The highest BCUT2D eigenvalue weighted by molar-refractivity contribution is 6.07. The van der Waals surface area contributed by atoms with Crippen molar-refractivity contribution in [3.63, 3.8) is 0 Å². The number of methoxy groups -OCH3 is 1. The Hall–Kier alpha value is -17.1. The SMILES string of the molecule is C=COc1ccc2cc(C3(c4ccc5cc(O/C=C/C=C/Oc6ccc7cc(C8(c9ccc%10cc(O/C=C/C=C/Oc%11ccc%12cc(C%13(c%14ccc%15cc(OC)ccc%15c%14)c%14ccccc%14-c%14c%13ccc%13ccccc%14%13)ccc%12c%11)ccc%10c9)c9cc%10ccccc%10cc9-c9cc%10ccccc%10cc98)ccc7c6)ccc5c4)c4ccccc4-c4cc5ccccc5cc43)ccc2c1. The largest absolute Gasteiger partial charge is 0.497 e. The van der Waals surface area contributed by atoms with Crippen LogP contribution in [-0.2, 0) is 16.2 Å². The van der Waals surface area contributed by atoms with Gasteiger partial charge in [-0.1, -0.05) is 273 Å². The normalized spacial score (nSPS) is 15.2. The van der Waals surface area contributed by atoms with Crippen molar-refractivity contribution in [1.82, 2.24) is 0 Å². The first kappa shape index (κ1) is 77.3. The van der Waals surface area contributed by atoms with Crippen molar-refractivity contribution in [3.8, 4) is 67.9 Å². The number of fused-ring (bicyclic) bond motifs is 20. The summed E-state index contributed by atoms with van der Waals surface area (Å²) in [7, 11) is 1.72. The lowest BCUT2D eigenvalue weighted by atomic mass is 9.66. The highest BCUT2D eigenvalue weighted by Gasteiger charge is 2.50. The predicted molar refractivity (Wildman–Crippen MR) is 543 cm³/mol. The molecule has 0 radical (unpaired) electrons. The average Bonchev–Trinajstić information content (AvgIpc) is 1.53. The van der Waals surface area contributed by atoms with Crippen LogP contribution >= 0.6 is 0 Å². The van der Waals surface area contributed by atoms with Gasteiger partial charge >= 0.3 is 0 Å². The Bertz CT molecular complexity index is 8590. The molecule has 0 N–H and O–H groups in total. The molecule has 6 heteroatoms. The van der Waals surface area contributed by atoms with E-state index in [0.29, 0.717) is 0 Å². The van der Waals surface area contributed by atoms with E-state index < -0.39 is 16.2 Å². The highest BCUT2D eigenvalue weighted by atomic mass is 16.5. The van der Waals surface area contributed by atoms with E-state index in [-0.39, 0.29) is 0 Å². The maximum absolute atomic E-state index is 6.36. The van der Waals surface area contributed by atoms with Crippen molar-refractivity contribution < 1.29 is 28.4 Å². The Kier molecular flexibility index (Phi) is 18.3. The minimum Gasteiger partial charge on any atom is -0.497 e. The zero-order valence-electron chi connectivity index (χ0n) is 72.1. The van der Waals surface area contributed by atoms with Gasteiger partial charge in [0.25, 0.3) is 0 Å². The summed E-state index contributed by atoms with van der Waals surface area (Å²) in [5, 5.41) is 22.9. The van der Waals surface area contributed by atoms with Gasteiger partial charge in [0, 0.05) is 0 Å². The quantitative estimate of drug-likeness (QED) is 0.0594. The first-order chi connectivity index (χ1) is 65.2. The molecule has 0 amide bonds. The molecule has 0 spiro atoms. The fraction of sp³-hybridized carbons (Fsp3) is 0.0317. The van der Waals surface area contributed by atoms with Crippen LogP contribution in [-0.4, -0.2) is 7.11 Å².